The fraction of sp³-hybridized carbons (Fsp3) is 0.176. The normalized spacial score (nSPS) is 12.4. The van der Waals surface area contributed by atoms with Gasteiger partial charge in [0.25, 0.3) is 5.91 Å². The molecule has 0 bridgehead atoms. The van der Waals surface area contributed by atoms with Gasteiger partial charge in [0, 0.05) is 12.0 Å². The van der Waals surface area contributed by atoms with E-state index in [0.29, 0.717) is 5.56 Å². The van der Waals surface area contributed by atoms with Crippen LogP contribution >= 0.6 is 0 Å². The molecule has 5 nitrogen and oxygen atoms in total. The number of carbonyl (C=O) groups is 2. The van der Waals surface area contributed by atoms with Crippen LogP contribution in [-0.2, 0) is 17.4 Å². The molecular weight excluding hydrogens is 339 g/mol. The molecule has 1 amide bonds. The number of aromatic hydroxyl groups is 1. The molecule has 0 aliphatic carbocycles. The Morgan fingerprint density at radius 1 is 1.00 bits per heavy atom. The van der Waals surface area contributed by atoms with Crippen LogP contribution in [0.2, 0.25) is 0 Å². The lowest BCUT2D eigenvalue weighted by Crippen LogP contribution is -2.42. The van der Waals surface area contributed by atoms with E-state index in [1.807, 2.05) is 0 Å². The minimum Gasteiger partial charge on any atom is -0.508 e. The van der Waals surface area contributed by atoms with Gasteiger partial charge in [-0.1, -0.05) is 12.1 Å². The molecule has 0 saturated heterocycles. The molecule has 1 atom stereocenters. The second kappa shape index (κ2) is 7.25. The first kappa shape index (κ1) is 18.3. The van der Waals surface area contributed by atoms with Crippen LogP contribution in [0.15, 0.2) is 48.5 Å². The summed E-state index contributed by atoms with van der Waals surface area (Å²) in [4.78, 5) is 23.4. The van der Waals surface area contributed by atoms with Crippen LogP contribution in [0.25, 0.3) is 0 Å². The third-order valence-electron chi connectivity index (χ3n) is 3.45. The van der Waals surface area contributed by atoms with Crippen LogP contribution in [0, 0.1) is 0 Å². The van der Waals surface area contributed by atoms with E-state index < -0.39 is 29.7 Å². The van der Waals surface area contributed by atoms with E-state index in [-0.39, 0.29) is 17.7 Å². The Bertz CT molecular complexity index is 755. The monoisotopic (exact) mass is 353 g/mol. The first-order valence-corrected chi connectivity index (χ1v) is 7.15. The molecular formula is C17H14F3NO4. The Labute approximate surface area is 140 Å². The van der Waals surface area contributed by atoms with E-state index in [2.05, 4.69) is 5.32 Å². The number of phenolic OH excluding ortho intramolecular Hbond substituents is 1. The first-order chi connectivity index (χ1) is 11.7. The summed E-state index contributed by atoms with van der Waals surface area (Å²) in [5.41, 5.74) is -0.411. The van der Waals surface area contributed by atoms with Crippen LogP contribution < -0.4 is 5.32 Å². The summed E-state index contributed by atoms with van der Waals surface area (Å²) in [7, 11) is 0. The number of alkyl halides is 3. The maximum absolute atomic E-state index is 12.5. The molecule has 0 saturated carbocycles. The van der Waals surface area contributed by atoms with E-state index in [4.69, 9.17) is 0 Å². The van der Waals surface area contributed by atoms with Gasteiger partial charge in [-0.05, 0) is 42.0 Å². The van der Waals surface area contributed by atoms with Gasteiger partial charge in [0.2, 0.25) is 0 Å². The van der Waals surface area contributed by atoms with Crippen LogP contribution in [0.4, 0.5) is 13.2 Å². The summed E-state index contributed by atoms with van der Waals surface area (Å²) < 4.78 is 37.5. The molecule has 0 fully saturated rings. The van der Waals surface area contributed by atoms with Crippen LogP contribution in [0.3, 0.4) is 0 Å². The predicted molar refractivity (Wildman–Crippen MR) is 82.1 cm³/mol. The van der Waals surface area contributed by atoms with E-state index in [1.165, 1.54) is 24.3 Å². The molecule has 2 aromatic carbocycles. The van der Waals surface area contributed by atoms with Gasteiger partial charge in [0.15, 0.2) is 0 Å². The van der Waals surface area contributed by atoms with E-state index in [1.54, 1.807) is 0 Å². The third kappa shape index (κ3) is 4.97. The third-order valence-corrected chi connectivity index (χ3v) is 3.45. The number of carboxylic acids is 1. The van der Waals surface area contributed by atoms with E-state index in [0.717, 1.165) is 24.3 Å². The summed E-state index contributed by atoms with van der Waals surface area (Å²) in [6, 6.07) is 7.99. The molecule has 0 spiro atoms. The predicted octanol–water partition coefficient (Wildman–Crippen LogP) is 2.84. The number of nitrogens with one attached hydrogen (secondary N) is 1. The average Bonchev–Trinajstić information content (AvgIpc) is 2.55. The van der Waals surface area contributed by atoms with Gasteiger partial charge in [-0.15, -0.1) is 0 Å². The lowest BCUT2D eigenvalue weighted by atomic mass is 10.0. The summed E-state index contributed by atoms with van der Waals surface area (Å²) >= 11 is 0. The molecule has 0 aliphatic heterocycles. The van der Waals surface area contributed by atoms with Gasteiger partial charge in [0.05, 0.1) is 5.56 Å². The number of carbonyl (C=O) groups excluding carboxylic acids is 1. The smallest absolute Gasteiger partial charge is 0.416 e. The number of halogens is 3. The number of aliphatic carboxylic acids is 1. The SMILES string of the molecule is O=C(N[C@@H](Cc1ccc(O)cc1)C(=O)O)c1ccc(C(F)(F)F)cc1. The summed E-state index contributed by atoms with van der Waals surface area (Å²) in [6.07, 6.45) is -4.56. The largest absolute Gasteiger partial charge is 0.508 e. The van der Waals surface area contributed by atoms with Gasteiger partial charge < -0.3 is 15.5 Å². The highest BCUT2D eigenvalue weighted by atomic mass is 19.4. The van der Waals surface area contributed by atoms with Crippen molar-refractivity contribution in [1.82, 2.24) is 5.32 Å². The van der Waals surface area contributed by atoms with Crippen molar-refractivity contribution in [3.05, 3.63) is 65.2 Å². The molecule has 0 radical (unpaired) electrons. The van der Waals surface area contributed by atoms with Crippen LogP contribution in [0.1, 0.15) is 21.5 Å². The second-order valence-electron chi connectivity index (χ2n) is 5.31. The fourth-order valence-electron chi connectivity index (χ4n) is 2.12. The number of hydrogen-bond donors (Lipinski definition) is 3. The second-order valence-corrected chi connectivity index (χ2v) is 5.31. The zero-order chi connectivity index (χ0) is 18.6. The van der Waals surface area contributed by atoms with Crippen molar-refractivity contribution in [2.24, 2.45) is 0 Å². The standard InChI is InChI=1S/C17H14F3NO4/c18-17(19,20)12-5-3-11(4-6-12)15(23)21-14(16(24)25)9-10-1-7-13(22)8-2-10/h1-8,14,22H,9H2,(H,21,23)(H,24,25)/t14-/m0/s1. The fourth-order valence-corrected chi connectivity index (χ4v) is 2.12. The molecule has 132 valence electrons. The highest BCUT2D eigenvalue weighted by Crippen LogP contribution is 2.29. The van der Waals surface area contributed by atoms with Gasteiger partial charge >= 0.3 is 12.1 Å². The Morgan fingerprint density at radius 2 is 1.56 bits per heavy atom. The highest BCUT2D eigenvalue weighted by molar-refractivity contribution is 5.96. The Balaban J connectivity index is 2.09. The maximum atomic E-state index is 12.5. The van der Waals surface area contributed by atoms with Crippen molar-refractivity contribution in [1.29, 1.82) is 0 Å². The minimum absolute atomic E-state index is 0.0180. The number of hydrogen-bond acceptors (Lipinski definition) is 3. The molecule has 0 unspecified atom stereocenters. The zero-order valence-electron chi connectivity index (χ0n) is 12.7. The van der Waals surface area contributed by atoms with Gasteiger partial charge in [-0.2, -0.15) is 13.2 Å². The molecule has 2 aromatic rings. The van der Waals surface area contributed by atoms with Crippen LogP contribution in [-0.4, -0.2) is 28.1 Å². The molecule has 2 rings (SSSR count). The number of amides is 1. The highest BCUT2D eigenvalue weighted by Gasteiger charge is 2.30. The zero-order valence-corrected chi connectivity index (χ0v) is 12.7. The van der Waals surface area contributed by atoms with Crippen molar-refractivity contribution >= 4 is 11.9 Å². The number of carboxylic acid groups (broad SMARTS) is 1. The average molecular weight is 353 g/mol. The van der Waals surface area contributed by atoms with E-state index in [9.17, 15) is 33.0 Å². The first-order valence-electron chi connectivity index (χ1n) is 7.15. The molecule has 0 aliphatic rings. The Kier molecular flexibility index (Phi) is 5.31. The molecule has 0 heterocycles. The molecule has 8 heteroatoms. The summed E-state index contributed by atoms with van der Waals surface area (Å²) in [6.45, 7) is 0. The van der Waals surface area contributed by atoms with Crippen molar-refractivity contribution in [3.8, 4) is 5.75 Å². The van der Waals surface area contributed by atoms with Crippen molar-refractivity contribution in [2.45, 2.75) is 18.6 Å². The lowest BCUT2D eigenvalue weighted by molar-refractivity contribution is -0.139. The number of benzene rings is 2. The number of phenols is 1. The maximum Gasteiger partial charge on any atom is 0.416 e. The molecule has 0 aromatic heterocycles. The Hall–Kier alpha value is -3.03. The van der Waals surface area contributed by atoms with E-state index >= 15 is 0 Å². The van der Waals surface area contributed by atoms with Crippen LogP contribution in [0.5, 0.6) is 5.75 Å². The van der Waals surface area contributed by atoms with Crippen molar-refractivity contribution in [3.63, 3.8) is 0 Å². The topological polar surface area (TPSA) is 86.6 Å². The van der Waals surface area contributed by atoms with Crippen molar-refractivity contribution in [2.75, 3.05) is 0 Å². The minimum atomic E-state index is -4.52. The Morgan fingerprint density at radius 3 is 2.04 bits per heavy atom. The summed E-state index contributed by atoms with van der Waals surface area (Å²) in [5.74, 6) is -2.06. The van der Waals surface area contributed by atoms with Gasteiger partial charge in [-0.3, -0.25) is 4.79 Å². The number of rotatable bonds is 5. The summed E-state index contributed by atoms with van der Waals surface area (Å²) in [5, 5.41) is 20.7. The molecule has 3 N–H and O–H groups in total. The molecule has 25 heavy (non-hydrogen) atoms. The van der Waals surface area contributed by atoms with Gasteiger partial charge in [-0.25, -0.2) is 4.79 Å². The quantitative estimate of drug-likeness (QED) is 0.771. The van der Waals surface area contributed by atoms with Gasteiger partial charge in [0.1, 0.15) is 11.8 Å². The van der Waals surface area contributed by atoms with Crippen molar-refractivity contribution < 1.29 is 33.0 Å². The lowest BCUT2D eigenvalue weighted by Gasteiger charge is -2.15.